The van der Waals surface area contributed by atoms with Gasteiger partial charge in [-0.3, -0.25) is 4.79 Å². The number of halogens is 1. The van der Waals surface area contributed by atoms with Gasteiger partial charge in [0.2, 0.25) is 0 Å². The Labute approximate surface area is 86.5 Å². The summed E-state index contributed by atoms with van der Waals surface area (Å²) in [7, 11) is 0. The second kappa shape index (κ2) is 3.88. The molecule has 1 aromatic rings. The molecule has 1 aliphatic heterocycles. The van der Waals surface area contributed by atoms with Crippen LogP contribution in [0.3, 0.4) is 0 Å². The van der Waals surface area contributed by atoms with Crippen molar-refractivity contribution in [3.8, 4) is 5.75 Å². The number of carboxylic acid groups (broad SMARTS) is 1. The summed E-state index contributed by atoms with van der Waals surface area (Å²) in [4.78, 5) is 10.6. The number of carboxylic acids is 1. The molecule has 0 radical (unpaired) electrons. The molecule has 0 aliphatic carbocycles. The number of aliphatic carboxylic acids is 1. The fourth-order valence-corrected chi connectivity index (χ4v) is 1.78. The van der Waals surface area contributed by atoms with Crippen LogP contribution in [0, 0.1) is 5.82 Å². The summed E-state index contributed by atoms with van der Waals surface area (Å²) < 4.78 is 18.7. The van der Waals surface area contributed by atoms with Gasteiger partial charge in [-0.15, -0.1) is 0 Å². The van der Waals surface area contributed by atoms with Crippen LogP contribution in [0.1, 0.15) is 17.5 Å². The lowest BCUT2D eigenvalue weighted by atomic mass is 10.0. The van der Waals surface area contributed by atoms with Gasteiger partial charge in [-0.1, -0.05) is 6.07 Å². The Morgan fingerprint density at radius 1 is 1.53 bits per heavy atom. The van der Waals surface area contributed by atoms with Crippen LogP contribution in [-0.4, -0.2) is 17.7 Å². The van der Waals surface area contributed by atoms with E-state index in [2.05, 4.69) is 0 Å². The van der Waals surface area contributed by atoms with E-state index in [-0.39, 0.29) is 12.0 Å². The van der Waals surface area contributed by atoms with Crippen LogP contribution in [0.5, 0.6) is 5.75 Å². The lowest BCUT2D eigenvalue weighted by molar-refractivity contribution is -0.136. The van der Waals surface area contributed by atoms with Crippen LogP contribution < -0.4 is 4.74 Å². The summed E-state index contributed by atoms with van der Waals surface area (Å²) in [6, 6.07) is 2.97. The van der Waals surface area contributed by atoms with Crippen LogP contribution in [0.15, 0.2) is 12.1 Å². The van der Waals surface area contributed by atoms with E-state index in [1.54, 1.807) is 6.07 Å². The Bertz CT molecular complexity index is 401. The zero-order valence-electron chi connectivity index (χ0n) is 8.12. The van der Waals surface area contributed by atoms with E-state index in [0.29, 0.717) is 12.4 Å². The van der Waals surface area contributed by atoms with Crippen LogP contribution in [0.2, 0.25) is 0 Å². The first kappa shape index (κ1) is 9.96. The number of ether oxygens (including phenoxy) is 1. The third kappa shape index (κ3) is 1.93. The van der Waals surface area contributed by atoms with Crippen LogP contribution in [0.4, 0.5) is 4.39 Å². The van der Waals surface area contributed by atoms with Crippen molar-refractivity contribution in [1.29, 1.82) is 0 Å². The lowest BCUT2D eigenvalue weighted by Gasteiger charge is -2.20. The molecular weight excluding hydrogens is 199 g/mol. The van der Waals surface area contributed by atoms with E-state index in [1.807, 2.05) is 0 Å². The highest BCUT2D eigenvalue weighted by Crippen LogP contribution is 2.31. The highest BCUT2D eigenvalue weighted by Gasteiger charge is 2.19. The maximum Gasteiger partial charge on any atom is 0.308 e. The molecule has 0 atom stereocenters. The Hall–Kier alpha value is -1.58. The van der Waals surface area contributed by atoms with E-state index >= 15 is 0 Å². The third-order valence-electron chi connectivity index (χ3n) is 2.45. The third-order valence-corrected chi connectivity index (χ3v) is 2.45. The van der Waals surface area contributed by atoms with Gasteiger partial charge in [-0.2, -0.15) is 0 Å². The number of hydrogen-bond donors (Lipinski definition) is 1. The van der Waals surface area contributed by atoms with Crippen molar-refractivity contribution in [2.24, 2.45) is 0 Å². The molecule has 0 spiro atoms. The summed E-state index contributed by atoms with van der Waals surface area (Å²) in [6.07, 6.45) is 1.39. The van der Waals surface area contributed by atoms with Gasteiger partial charge in [0, 0.05) is 5.56 Å². The van der Waals surface area contributed by atoms with Gasteiger partial charge in [-0.05, 0) is 24.5 Å². The SMILES string of the molecule is O=C(O)Cc1c(F)ccc2c1OCCC2. The quantitative estimate of drug-likeness (QED) is 0.809. The molecule has 0 aromatic heterocycles. The van der Waals surface area contributed by atoms with Crippen LogP contribution >= 0.6 is 0 Å². The molecule has 3 nitrogen and oxygen atoms in total. The van der Waals surface area contributed by atoms with Crippen LogP contribution in [-0.2, 0) is 17.6 Å². The molecule has 0 saturated carbocycles. The van der Waals surface area contributed by atoms with E-state index in [9.17, 15) is 9.18 Å². The summed E-state index contributed by atoms with van der Waals surface area (Å²) in [5, 5.41) is 8.67. The smallest absolute Gasteiger partial charge is 0.308 e. The van der Waals surface area contributed by atoms with E-state index in [0.717, 1.165) is 18.4 Å². The Morgan fingerprint density at radius 2 is 2.33 bits per heavy atom. The van der Waals surface area contributed by atoms with Gasteiger partial charge >= 0.3 is 5.97 Å². The minimum Gasteiger partial charge on any atom is -0.493 e. The maximum atomic E-state index is 13.4. The van der Waals surface area contributed by atoms with Gasteiger partial charge in [0.15, 0.2) is 0 Å². The number of aryl methyl sites for hydroxylation is 1. The maximum absolute atomic E-state index is 13.4. The monoisotopic (exact) mass is 210 g/mol. The molecule has 15 heavy (non-hydrogen) atoms. The topological polar surface area (TPSA) is 46.5 Å². The zero-order chi connectivity index (χ0) is 10.8. The molecule has 80 valence electrons. The van der Waals surface area contributed by atoms with Crippen molar-refractivity contribution in [1.82, 2.24) is 0 Å². The van der Waals surface area contributed by atoms with Gasteiger partial charge in [-0.25, -0.2) is 4.39 Å². The number of hydrogen-bond acceptors (Lipinski definition) is 2. The van der Waals surface area contributed by atoms with Gasteiger partial charge in [0.1, 0.15) is 11.6 Å². The number of benzene rings is 1. The Balaban J connectivity index is 2.45. The second-order valence-electron chi connectivity index (χ2n) is 3.54. The summed E-state index contributed by atoms with van der Waals surface area (Å²) in [5.41, 5.74) is 1.07. The number of carbonyl (C=O) groups is 1. The highest BCUT2D eigenvalue weighted by atomic mass is 19.1. The highest BCUT2D eigenvalue weighted by molar-refractivity contribution is 5.72. The average Bonchev–Trinajstić information content (AvgIpc) is 2.22. The second-order valence-corrected chi connectivity index (χ2v) is 3.54. The standard InChI is InChI=1S/C11H11FO3/c12-9-4-3-7-2-1-5-15-11(7)8(9)6-10(13)14/h3-4H,1-2,5-6H2,(H,13,14). The van der Waals surface area contributed by atoms with Crippen molar-refractivity contribution < 1.29 is 19.0 Å². The Morgan fingerprint density at radius 3 is 3.07 bits per heavy atom. The van der Waals surface area contributed by atoms with Gasteiger partial charge < -0.3 is 9.84 Å². The van der Waals surface area contributed by atoms with Crippen molar-refractivity contribution in [2.75, 3.05) is 6.61 Å². The van der Waals surface area contributed by atoms with Gasteiger partial charge in [0.05, 0.1) is 13.0 Å². The minimum atomic E-state index is -1.04. The zero-order valence-corrected chi connectivity index (χ0v) is 8.12. The Kier molecular flexibility index (Phi) is 2.58. The summed E-state index contributed by atoms with van der Waals surface area (Å²) in [6.45, 7) is 0.531. The van der Waals surface area contributed by atoms with Crippen molar-refractivity contribution in [3.63, 3.8) is 0 Å². The lowest BCUT2D eigenvalue weighted by Crippen LogP contribution is -2.13. The predicted octanol–water partition coefficient (Wildman–Crippen LogP) is 1.78. The molecule has 1 aliphatic rings. The van der Waals surface area contributed by atoms with Crippen LogP contribution in [0.25, 0.3) is 0 Å². The molecule has 1 aromatic carbocycles. The van der Waals surface area contributed by atoms with Gasteiger partial charge in [0.25, 0.3) is 0 Å². The molecule has 1 N–H and O–H groups in total. The summed E-state index contributed by atoms with van der Waals surface area (Å²) >= 11 is 0. The molecule has 0 saturated heterocycles. The van der Waals surface area contributed by atoms with Crippen molar-refractivity contribution >= 4 is 5.97 Å². The van der Waals surface area contributed by atoms with E-state index in [4.69, 9.17) is 9.84 Å². The first-order chi connectivity index (χ1) is 7.18. The molecule has 0 unspecified atom stereocenters. The molecule has 2 rings (SSSR count). The first-order valence-corrected chi connectivity index (χ1v) is 4.83. The predicted molar refractivity (Wildman–Crippen MR) is 51.6 cm³/mol. The fraction of sp³-hybridized carbons (Fsp3) is 0.364. The van der Waals surface area contributed by atoms with Crippen molar-refractivity contribution in [3.05, 3.63) is 29.1 Å². The number of rotatable bonds is 2. The fourth-order valence-electron chi connectivity index (χ4n) is 1.78. The minimum absolute atomic E-state index is 0.166. The normalized spacial score (nSPS) is 14.2. The molecule has 4 heteroatoms. The molecular formula is C11H11FO3. The molecule has 0 fully saturated rings. The first-order valence-electron chi connectivity index (χ1n) is 4.83. The molecule has 1 heterocycles. The molecule has 0 amide bonds. The van der Waals surface area contributed by atoms with E-state index in [1.165, 1.54) is 6.07 Å². The van der Waals surface area contributed by atoms with Crippen molar-refractivity contribution in [2.45, 2.75) is 19.3 Å². The number of fused-ring (bicyclic) bond motifs is 1. The average molecular weight is 210 g/mol. The molecule has 0 bridgehead atoms. The summed E-state index contributed by atoms with van der Waals surface area (Å²) in [5.74, 6) is -1.11. The van der Waals surface area contributed by atoms with E-state index < -0.39 is 11.8 Å². The largest absolute Gasteiger partial charge is 0.493 e.